The quantitative estimate of drug-likeness (QED) is 0.761. The highest BCUT2D eigenvalue weighted by Crippen LogP contribution is 2.28. The lowest BCUT2D eigenvalue weighted by Crippen LogP contribution is -1.94. The Morgan fingerprint density at radius 3 is 2.40 bits per heavy atom. The molecule has 0 unspecified atom stereocenters. The number of hydrogen-bond acceptors (Lipinski definition) is 2. The maximum atomic E-state index is 6.04. The van der Waals surface area contributed by atoms with Crippen molar-refractivity contribution in [2.75, 3.05) is 5.73 Å². The van der Waals surface area contributed by atoms with Crippen LogP contribution >= 0.6 is 23.2 Å². The fraction of sp³-hybridized carbons (Fsp3) is 0. The molecule has 0 spiro atoms. The molecule has 100 valence electrons. The highest BCUT2D eigenvalue weighted by Gasteiger charge is 2.10. The molecule has 2 aromatic carbocycles. The zero-order valence-electron chi connectivity index (χ0n) is 10.4. The zero-order chi connectivity index (χ0) is 14.1. The molecule has 3 nitrogen and oxygen atoms in total. The summed E-state index contributed by atoms with van der Waals surface area (Å²) in [7, 11) is 0. The van der Waals surface area contributed by atoms with Crippen LogP contribution in [-0.4, -0.2) is 9.78 Å². The van der Waals surface area contributed by atoms with E-state index in [9.17, 15) is 0 Å². The van der Waals surface area contributed by atoms with E-state index in [1.807, 2.05) is 36.4 Å². The molecule has 20 heavy (non-hydrogen) atoms. The first-order chi connectivity index (χ1) is 9.65. The molecule has 3 rings (SSSR count). The van der Waals surface area contributed by atoms with Crippen molar-refractivity contribution < 1.29 is 0 Å². The lowest BCUT2D eigenvalue weighted by molar-refractivity contribution is 0.884. The van der Waals surface area contributed by atoms with Crippen LogP contribution in [0.4, 0.5) is 5.69 Å². The van der Waals surface area contributed by atoms with E-state index in [0.717, 1.165) is 16.9 Å². The van der Waals surface area contributed by atoms with Gasteiger partial charge in [-0.25, -0.2) is 4.68 Å². The van der Waals surface area contributed by atoms with Gasteiger partial charge in [-0.15, -0.1) is 0 Å². The van der Waals surface area contributed by atoms with Gasteiger partial charge >= 0.3 is 0 Å². The molecule has 0 bridgehead atoms. The SMILES string of the molecule is Nc1cn(-c2ccc(Cl)c(Cl)c2)nc1-c1ccccc1. The van der Waals surface area contributed by atoms with Gasteiger partial charge < -0.3 is 5.73 Å². The van der Waals surface area contributed by atoms with Crippen molar-refractivity contribution in [2.45, 2.75) is 0 Å². The third-order valence-electron chi connectivity index (χ3n) is 2.96. The smallest absolute Gasteiger partial charge is 0.116 e. The minimum atomic E-state index is 0.486. The third-order valence-corrected chi connectivity index (χ3v) is 3.70. The topological polar surface area (TPSA) is 43.8 Å². The molecule has 3 aromatic rings. The van der Waals surface area contributed by atoms with Gasteiger partial charge in [0.05, 0.1) is 27.6 Å². The van der Waals surface area contributed by atoms with Gasteiger partial charge in [0, 0.05) is 5.56 Å². The molecule has 0 saturated heterocycles. The summed E-state index contributed by atoms with van der Waals surface area (Å²) in [5.41, 5.74) is 9.19. The molecule has 0 fully saturated rings. The molecule has 1 aromatic heterocycles. The minimum absolute atomic E-state index is 0.486. The molecule has 0 amide bonds. The number of nitrogen functional groups attached to an aromatic ring is 1. The van der Waals surface area contributed by atoms with Crippen LogP contribution in [0.5, 0.6) is 0 Å². The Labute approximate surface area is 126 Å². The average Bonchev–Trinajstić information content (AvgIpc) is 2.85. The van der Waals surface area contributed by atoms with Crippen molar-refractivity contribution in [3.05, 3.63) is 64.8 Å². The lowest BCUT2D eigenvalue weighted by Gasteiger charge is -2.03. The second-order valence-electron chi connectivity index (χ2n) is 4.34. The molecule has 0 aliphatic heterocycles. The second kappa shape index (κ2) is 5.19. The number of aromatic nitrogens is 2. The molecular formula is C15H11Cl2N3. The van der Waals surface area contributed by atoms with Crippen molar-refractivity contribution in [3.63, 3.8) is 0 Å². The summed E-state index contributed by atoms with van der Waals surface area (Å²) >= 11 is 11.9. The Kier molecular flexibility index (Phi) is 3.38. The molecule has 0 aliphatic rings. The number of benzene rings is 2. The molecular weight excluding hydrogens is 293 g/mol. The fourth-order valence-electron chi connectivity index (χ4n) is 1.97. The maximum Gasteiger partial charge on any atom is 0.116 e. The normalized spacial score (nSPS) is 10.7. The Morgan fingerprint density at radius 1 is 0.950 bits per heavy atom. The highest BCUT2D eigenvalue weighted by molar-refractivity contribution is 6.42. The van der Waals surface area contributed by atoms with Gasteiger partial charge in [-0.05, 0) is 18.2 Å². The van der Waals surface area contributed by atoms with Crippen molar-refractivity contribution in [1.29, 1.82) is 0 Å². The van der Waals surface area contributed by atoms with Gasteiger partial charge in [0.2, 0.25) is 0 Å². The van der Waals surface area contributed by atoms with E-state index in [0.29, 0.717) is 15.7 Å². The van der Waals surface area contributed by atoms with E-state index in [1.54, 1.807) is 23.0 Å². The Bertz CT molecular complexity index is 751. The van der Waals surface area contributed by atoms with Crippen LogP contribution in [0.2, 0.25) is 10.0 Å². The molecule has 1 heterocycles. The summed E-state index contributed by atoms with van der Waals surface area (Å²) in [5.74, 6) is 0. The predicted octanol–water partition coefficient (Wildman–Crippen LogP) is 4.43. The van der Waals surface area contributed by atoms with Gasteiger partial charge in [-0.3, -0.25) is 0 Å². The number of anilines is 1. The van der Waals surface area contributed by atoms with Crippen molar-refractivity contribution in [1.82, 2.24) is 9.78 Å². The van der Waals surface area contributed by atoms with Crippen LogP contribution in [0, 0.1) is 0 Å². The van der Waals surface area contributed by atoms with Gasteiger partial charge in [-0.2, -0.15) is 5.10 Å². The summed E-state index contributed by atoms with van der Waals surface area (Å²) in [6.07, 6.45) is 1.77. The Morgan fingerprint density at radius 2 is 1.70 bits per heavy atom. The highest BCUT2D eigenvalue weighted by atomic mass is 35.5. The number of rotatable bonds is 2. The first kappa shape index (κ1) is 13.0. The van der Waals surface area contributed by atoms with Crippen molar-refractivity contribution in [2.24, 2.45) is 0 Å². The number of nitrogens with zero attached hydrogens (tertiary/aromatic N) is 2. The second-order valence-corrected chi connectivity index (χ2v) is 5.16. The predicted molar refractivity (Wildman–Crippen MR) is 83.4 cm³/mol. The first-order valence-corrected chi connectivity index (χ1v) is 6.77. The first-order valence-electron chi connectivity index (χ1n) is 6.01. The molecule has 0 aliphatic carbocycles. The van der Waals surface area contributed by atoms with Gasteiger partial charge in [0.1, 0.15) is 5.69 Å². The van der Waals surface area contributed by atoms with Crippen LogP contribution < -0.4 is 5.73 Å². The summed E-state index contributed by atoms with van der Waals surface area (Å²) in [4.78, 5) is 0. The van der Waals surface area contributed by atoms with Crippen LogP contribution in [0.25, 0.3) is 16.9 Å². The molecule has 0 saturated carbocycles. The molecule has 5 heteroatoms. The van der Waals surface area contributed by atoms with E-state index < -0.39 is 0 Å². The number of halogens is 2. The van der Waals surface area contributed by atoms with Gasteiger partial charge in [-0.1, -0.05) is 53.5 Å². The Hall–Kier alpha value is -1.97. The maximum absolute atomic E-state index is 6.04. The monoisotopic (exact) mass is 303 g/mol. The third kappa shape index (κ3) is 2.38. The minimum Gasteiger partial charge on any atom is -0.396 e. The summed E-state index contributed by atoms with van der Waals surface area (Å²) in [6, 6.07) is 15.1. The molecule has 0 atom stereocenters. The molecule has 2 N–H and O–H groups in total. The standard InChI is InChI=1S/C15H11Cl2N3/c16-12-7-6-11(8-13(12)17)20-9-14(18)15(19-20)10-4-2-1-3-5-10/h1-9H,18H2. The van der Waals surface area contributed by atoms with Crippen molar-refractivity contribution >= 4 is 28.9 Å². The molecule has 0 radical (unpaired) electrons. The summed E-state index contributed by atoms with van der Waals surface area (Å²) in [6.45, 7) is 0. The zero-order valence-corrected chi connectivity index (χ0v) is 11.9. The van der Waals surface area contributed by atoms with Crippen LogP contribution in [0.15, 0.2) is 54.7 Å². The average molecular weight is 304 g/mol. The summed E-state index contributed by atoms with van der Waals surface area (Å²) in [5, 5.41) is 5.51. The van der Waals surface area contributed by atoms with Gasteiger partial charge in [0.25, 0.3) is 0 Å². The summed E-state index contributed by atoms with van der Waals surface area (Å²) < 4.78 is 1.69. The van der Waals surface area contributed by atoms with E-state index in [-0.39, 0.29) is 0 Å². The van der Waals surface area contributed by atoms with E-state index >= 15 is 0 Å². The van der Waals surface area contributed by atoms with Crippen molar-refractivity contribution in [3.8, 4) is 16.9 Å². The van der Waals surface area contributed by atoms with E-state index in [2.05, 4.69) is 5.10 Å². The van der Waals surface area contributed by atoms with Gasteiger partial charge in [0.15, 0.2) is 0 Å². The van der Waals surface area contributed by atoms with E-state index in [1.165, 1.54) is 0 Å². The van der Waals surface area contributed by atoms with Crippen LogP contribution in [0.3, 0.4) is 0 Å². The largest absolute Gasteiger partial charge is 0.396 e. The fourth-order valence-corrected chi connectivity index (χ4v) is 2.26. The van der Waals surface area contributed by atoms with E-state index in [4.69, 9.17) is 28.9 Å². The van der Waals surface area contributed by atoms with Crippen LogP contribution in [-0.2, 0) is 0 Å². The van der Waals surface area contributed by atoms with Crippen LogP contribution in [0.1, 0.15) is 0 Å². The number of nitrogens with two attached hydrogens (primary N) is 1. The number of hydrogen-bond donors (Lipinski definition) is 1. The Balaban J connectivity index is 2.06. The lowest BCUT2D eigenvalue weighted by atomic mass is 10.1.